The molecule has 3 N–H and O–H groups in total. The van der Waals surface area contributed by atoms with Crippen molar-refractivity contribution in [2.45, 2.75) is 64.5 Å². The number of amides is 4. The van der Waals surface area contributed by atoms with Crippen molar-refractivity contribution in [2.24, 2.45) is 0 Å². The number of aryl methyl sites for hydroxylation is 1. The van der Waals surface area contributed by atoms with Gasteiger partial charge in [0.2, 0.25) is 17.8 Å². The van der Waals surface area contributed by atoms with Gasteiger partial charge in [-0.05, 0) is 62.9 Å². The summed E-state index contributed by atoms with van der Waals surface area (Å²) in [6, 6.07) is 7.86. The van der Waals surface area contributed by atoms with Gasteiger partial charge in [-0.15, -0.1) is 0 Å². The first-order chi connectivity index (χ1) is 28.1. The molecule has 8 rings (SSSR count). The molecule has 3 aliphatic heterocycles. The van der Waals surface area contributed by atoms with E-state index in [2.05, 4.69) is 35.7 Å². The van der Waals surface area contributed by atoms with E-state index in [0.717, 1.165) is 69.0 Å². The van der Waals surface area contributed by atoms with Crippen LogP contribution < -0.4 is 26.4 Å². The van der Waals surface area contributed by atoms with Gasteiger partial charge in [-0.2, -0.15) is 4.98 Å². The number of hydrogen-bond donors (Lipinski definition) is 3. The Bertz CT molecular complexity index is 2350. The lowest BCUT2D eigenvalue weighted by atomic mass is 10.0. The molecule has 3 aromatic heterocycles. The Balaban J connectivity index is 0.796. The number of anilines is 4. The predicted octanol–water partition coefficient (Wildman–Crippen LogP) is 3.21. The second-order valence-corrected chi connectivity index (χ2v) is 15.2. The van der Waals surface area contributed by atoms with Gasteiger partial charge >= 0.3 is 0 Å². The third-order valence-corrected chi connectivity index (χ3v) is 11.6. The van der Waals surface area contributed by atoms with Crippen LogP contribution in [0.5, 0.6) is 0 Å². The molecule has 4 aliphatic rings. The Kier molecular flexibility index (Phi) is 11.0. The van der Waals surface area contributed by atoms with E-state index in [1.807, 2.05) is 18.3 Å². The zero-order valence-corrected chi connectivity index (χ0v) is 32.6. The van der Waals surface area contributed by atoms with Gasteiger partial charge in [0.05, 0.1) is 41.8 Å². The van der Waals surface area contributed by atoms with E-state index in [0.29, 0.717) is 53.8 Å². The minimum absolute atomic E-state index is 0.00127. The average Bonchev–Trinajstić information content (AvgIpc) is 3.83. The largest absolute Gasteiger partial charge is 0.382 e. The van der Waals surface area contributed by atoms with E-state index in [9.17, 15) is 28.8 Å². The van der Waals surface area contributed by atoms with Gasteiger partial charge in [0.25, 0.3) is 17.4 Å². The number of fused-ring (bicyclic) bond motifs is 2. The second-order valence-electron chi connectivity index (χ2n) is 15.2. The molecule has 1 unspecified atom stereocenters. The lowest BCUT2D eigenvalue weighted by Crippen LogP contribution is -2.54. The summed E-state index contributed by atoms with van der Waals surface area (Å²) < 4.78 is 7.60. The normalized spacial score (nSPS) is 18.9. The molecule has 302 valence electrons. The Hall–Kier alpha value is -6.07. The smallest absolute Gasteiger partial charge is 0.264 e. The van der Waals surface area contributed by atoms with E-state index in [4.69, 9.17) is 9.72 Å². The fourth-order valence-corrected chi connectivity index (χ4v) is 8.52. The third kappa shape index (κ3) is 7.54. The number of imide groups is 2. The molecule has 17 heteroatoms. The Morgan fingerprint density at radius 2 is 1.72 bits per heavy atom. The standard InChI is InChI=1S/C41H46N10O7/c1-24-29-23-44-41(47-36(29)50(26-6-3-4-7-26)39(56)34(24)25(2)52)45-32-12-10-27(22-43-32)49-17-15-48(16-18-49)19-21-58-20-14-42-30-9-5-8-28-35(30)40(57)51(38(28)55)31-11-13-33(53)46-37(31)54/h5,8-10,12,22-23,26,31,42H,3-4,6-7,11,13-21H2,1-2H3,(H,46,53,54)(H,43,44,45,47). The van der Waals surface area contributed by atoms with Crippen molar-refractivity contribution in [2.75, 3.05) is 68.0 Å². The summed E-state index contributed by atoms with van der Waals surface area (Å²) in [5.41, 5.74) is 3.01. The second kappa shape index (κ2) is 16.4. The maximum absolute atomic E-state index is 13.5. The van der Waals surface area contributed by atoms with Gasteiger partial charge in [0, 0.05) is 69.0 Å². The van der Waals surface area contributed by atoms with Crippen LogP contribution in [0.15, 0.2) is 47.5 Å². The lowest BCUT2D eigenvalue weighted by molar-refractivity contribution is -0.136. The SMILES string of the molecule is CC(=O)c1c(C)c2cnc(Nc3ccc(N4CCN(CCOCCNc5cccc6c5C(=O)N(C5CCC(=O)NC5=O)C6=O)CC4)cn3)nc2n(C2CCCC2)c1=O. The molecule has 3 fully saturated rings. The molecule has 1 saturated carbocycles. The fourth-order valence-electron chi connectivity index (χ4n) is 8.52. The van der Waals surface area contributed by atoms with Crippen LogP contribution in [0.3, 0.4) is 0 Å². The molecule has 0 bridgehead atoms. The third-order valence-electron chi connectivity index (χ3n) is 11.6. The number of ketones is 1. The number of Topliss-reactive ketones (excluding diaryl/α,β-unsaturated/α-hetero) is 1. The minimum atomic E-state index is -1.01. The number of nitrogens with one attached hydrogen (secondary N) is 3. The topological polar surface area (TPSA) is 201 Å². The van der Waals surface area contributed by atoms with Crippen molar-refractivity contribution in [3.05, 3.63) is 75.3 Å². The highest BCUT2D eigenvalue weighted by Gasteiger charge is 2.45. The number of carbonyl (C=O) groups excluding carboxylic acids is 5. The first-order valence-electron chi connectivity index (χ1n) is 19.9. The van der Waals surface area contributed by atoms with Crippen LogP contribution in [-0.2, 0) is 14.3 Å². The number of hydrogen-bond acceptors (Lipinski definition) is 14. The summed E-state index contributed by atoms with van der Waals surface area (Å²) in [7, 11) is 0. The Labute approximate surface area is 334 Å². The predicted molar refractivity (Wildman–Crippen MR) is 215 cm³/mol. The monoisotopic (exact) mass is 790 g/mol. The van der Waals surface area contributed by atoms with E-state index in [1.54, 1.807) is 35.9 Å². The van der Waals surface area contributed by atoms with Crippen LogP contribution in [0, 0.1) is 6.92 Å². The molecule has 1 atom stereocenters. The minimum Gasteiger partial charge on any atom is -0.382 e. The van der Waals surface area contributed by atoms with Crippen LogP contribution >= 0.6 is 0 Å². The number of piperidine rings is 1. The van der Waals surface area contributed by atoms with E-state index in [1.165, 1.54) is 6.92 Å². The van der Waals surface area contributed by atoms with Crippen LogP contribution in [0.25, 0.3) is 11.0 Å². The van der Waals surface area contributed by atoms with Crippen molar-refractivity contribution in [1.29, 1.82) is 0 Å². The number of pyridine rings is 2. The van der Waals surface area contributed by atoms with Gasteiger partial charge in [-0.3, -0.25) is 48.5 Å². The maximum atomic E-state index is 13.5. The number of nitrogens with zero attached hydrogens (tertiary/aromatic N) is 7. The molecule has 1 aliphatic carbocycles. The first kappa shape index (κ1) is 38.8. The summed E-state index contributed by atoms with van der Waals surface area (Å²) in [6.07, 6.45) is 7.48. The van der Waals surface area contributed by atoms with Gasteiger partial charge in [-0.25, -0.2) is 9.97 Å². The molecule has 0 radical (unpaired) electrons. The highest BCUT2D eigenvalue weighted by Crippen LogP contribution is 2.34. The molecule has 58 heavy (non-hydrogen) atoms. The zero-order chi connectivity index (χ0) is 40.5. The van der Waals surface area contributed by atoms with E-state index < -0.39 is 29.7 Å². The number of ether oxygens (including phenoxy) is 1. The van der Waals surface area contributed by atoms with Gasteiger partial charge in [-0.1, -0.05) is 18.9 Å². The van der Waals surface area contributed by atoms with Crippen LogP contribution in [-0.4, -0.2) is 117 Å². The number of aromatic nitrogens is 4. The lowest BCUT2D eigenvalue weighted by Gasteiger charge is -2.35. The summed E-state index contributed by atoms with van der Waals surface area (Å²) in [5.74, 6) is -1.49. The molecule has 6 heterocycles. The van der Waals surface area contributed by atoms with E-state index >= 15 is 0 Å². The number of benzene rings is 1. The number of carbonyl (C=O) groups is 5. The number of piperazine rings is 1. The van der Waals surface area contributed by atoms with Crippen LogP contribution in [0.1, 0.15) is 88.1 Å². The van der Waals surface area contributed by atoms with Crippen LogP contribution in [0.4, 0.5) is 23.1 Å². The molecule has 0 spiro atoms. The molecular weight excluding hydrogens is 745 g/mol. The molecule has 4 amide bonds. The maximum Gasteiger partial charge on any atom is 0.264 e. The van der Waals surface area contributed by atoms with Crippen LogP contribution in [0.2, 0.25) is 0 Å². The summed E-state index contributed by atoms with van der Waals surface area (Å²) >= 11 is 0. The van der Waals surface area contributed by atoms with Gasteiger partial charge in [0.15, 0.2) is 5.78 Å². The molecule has 4 aromatic rings. The Morgan fingerprint density at radius 1 is 0.931 bits per heavy atom. The van der Waals surface area contributed by atoms with Gasteiger partial charge in [0.1, 0.15) is 17.5 Å². The summed E-state index contributed by atoms with van der Waals surface area (Å²) in [6.45, 7) is 8.67. The van der Waals surface area contributed by atoms with Gasteiger partial charge < -0.3 is 20.3 Å². The van der Waals surface area contributed by atoms with Crippen molar-refractivity contribution in [1.82, 2.24) is 34.6 Å². The fraction of sp³-hybridized carbons (Fsp3) is 0.439. The van der Waals surface area contributed by atoms with Crippen molar-refractivity contribution in [3.63, 3.8) is 0 Å². The molecule has 2 saturated heterocycles. The summed E-state index contributed by atoms with van der Waals surface area (Å²) in [4.78, 5) is 95.9. The Morgan fingerprint density at radius 3 is 2.45 bits per heavy atom. The quantitative estimate of drug-likeness (QED) is 0.101. The van der Waals surface area contributed by atoms with Crippen molar-refractivity contribution >= 4 is 63.6 Å². The molecular formula is C41H46N10O7. The van der Waals surface area contributed by atoms with Crippen molar-refractivity contribution in [3.8, 4) is 0 Å². The highest BCUT2D eigenvalue weighted by molar-refractivity contribution is 6.25. The summed E-state index contributed by atoms with van der Waals surface area (Å²) in [5, 5.41) is 9.31. The van der Waals surface area contributed by atoms with Crippen molar-refractivity contribution < 1.29 is 28.7 Å². The molecule has 17 nitrogen and oxygen atoms in total. The zero-order valence-electron chi connectivity index (χ0n) is 32.6. The average molecular weight is 791 g/mol. The first-order valence-corrected chi connectivity index (χ1v) is 19.9. The number of rotatable bonds is 13. The molecule has 1 aromatic carbocycles. The van der Waals surface area contributed by atoms with E-state index in [-0.39, 0.29) is 46.9 Å². The highest BCUT2D eigenvalue weighted by atomic mass is 16.5.